The lowest BCUT2D eigenvalue weighted by molar-refractivity contribution is -0.384. The zero-order valence-corrected chi connectivity index (χ0v) is 15.4. The number of benzene rings is 2. The van der Waals surface area contributed by atoms with Crippen LogP contribution < -0.4 is 10.2 Å². The number of nitrogens with one attached hydrogen (secondary N) is 1. The highest BCUT2D eigenvalue weighted by Gasteiger charge is 2.11. The number of aryl methyl sites for hydroxylation is 1. The van der Waals surface area contributed by atoms with Crippen molar-refractivity contribution < 1.29 is 19.2 Å². The van der Waals surface area contributed by atoms with Gasteiger partial charge in [0.25, 0.3) is 5.69 Å². The number of nitrogens with zero attached hydrogens (tertiary/aromatic N) is 2. The van der Waals surface area contributed by atoms with Crippen LogP contribution in [0.3, 0.4) is 0 Å². The van der Waals surface area contributed by atoms with Crippen LogP contribution in [0.15, 0.2) is 42.5 Å². The number of hydrogen-bond donors (Lipinski definition) is 1. The van der Waals surface area contributed by atoms with E-state index in [4.69, 9.17) is 4.74 Å². The van der Waals surface area contributed by atoms with E-state index < -0.39 is 10.9 Å². The van der Waals surface area contributed by atoms with Gasteiger partial charge in [-0.1, -0.05) is 6.07 Å². The first-order valence-corrected chi connectivity index (χ1v) is 8.29. The Balaban J connectivity index is 1.91. The molecule has 0 aliphatic heterocycles. The van der Waals surface area contributed by atoms with Gasteiger partial charge >= 0.3 is 5.97 Å². The average molecular weight is 371 g/mol. The molecule has 0 saturated heterocycles. The SMILES string of the molecule is CC(=O)Nc1cc(C(=O)OCCN(C)c2ccc([N+](=O)[O-])cc2)ccc1C. The van der Waals surface area contributed by atoms with Crippen molar-refractivity contribution in [2.24, 2.45) is 0 Å². The summed E-state index contributed by atoms with van der Waals surface area (Å²) in [4.78, 5) is 35.5. The molecule has 0 aromatic heterocycles. The number of nitro benzene ring substituents is 1. The minimum Gasteiger partial charge on any atom is -0.460 e. The first-order chi connectivity index (χ1) is 12.8. The van der Waals surface area contributed by atoms with Crippen LogP contribution in [0.4, 0.5) is 17.1 Å². The molecule has 0 saturated carbocycles. The number of amides is 1. The van der Waals surface area contributed by atoms with E-state index in [1.807, 2.05) is 11.8 Å². The molecule has 27 heavy (non-hydrogen) atoms. The molecule has 0 heterocycles. The fourth-order valence-electron chi connectivity index (χ4n) is 2.39. The zero-order chi connectivity index (χ0) is 20.0. The van der Waals surface area contributed by atoms with Gasteiger partial charge in [-0.2, -0.15) is 0 Å². The molecule has 142 valence electrons. The third kappa shape index (κ3) is 5.53. The molecule has 0 aliphatic rings. The third-order valence-corrected chi connectivity index (χ3v) is 3.95. The minimum atomic E-state index is -0.487. The molecule has 0 radical (unpaired) electrons. The van der Waals surface area contributed by atoms with Crippen LogP contribution in [0.2, 0.25) is 0 Å². The fraction of sp³-hybridized carbons (Fsp3) is 0.263. The lowest BCUT2D eigenvalue weighted by Gasteiger charge is -2.19. The number of likely N-dealkylation sites (N-methyl/N-ethyl adjacent to an activating group) is 1. The number of carbonyl (C=O) groups is 2. The van der Waals surface area contributed by atoms with Crippen molar-refractivity contribution in [2.45, 2.75) is 13.8 Å². The summed E-state index contributed by atoms with van der Waals surface area (Å²) in [5, 5.41) is 13.4. The summed E-state index contributed by atoms with van der Waals surface area (Å²) in [7, 11) is 1.80. The van der Waals surface area contributed by atoms with Crippen molar-refractivity contribution >= 4 is 28.9 Å². The Morgan fingerprint density at radius 2 is 1.85 bits per heavy atom. The Morgan fingerprint density at radius 3 is 2.44 bits per heavy atom. The molecular weight excluding hydrogens is 350 g/mol. The van der Waals surface area contributed by atoms with Crippen LogP contribution in [0.1, 0.15) is 22.8 Å². The van der Waals surface area contributed by atoms with E-state index in [0.717, 1.165) is 11.3 Å². The highest BCUT2D eigenvalue weighted by molar-refractivity contribution is 5.94. The van der Waals surface area contributed by atoms with Crippen molar-refractivity contribution in [3.63, 3.8) is 0 Å². The summed E-state index contributed by atoms with van der Waals surface area (Å²) in [6, 6.07) is 11.1. The van der Waals surface area contributed by atoms with Crippen LogP contribution >= 0.6 is 0 Å². The van der Waals surface area contributed by atoms with Crippen molar-refractivity contribution in [1.82, 2.24) is 0 Å². The summed E-state index contributed by atoms with van der Waals surface area (Å²) < 4.78 is 5.28. The largest absolute Gasteiger partial charge is 0.460 e. The Labute approximate surface area is 156 Å². The highest BCUT2D eigenvalue weighted by atomic mass is 16.6. The number of carbonyl (C=O) groups excluding carboxylic acids is 2. The maximum atomic E-state index is 12.2. The first kappa shape index (κ1) is 19.9. The van der Waals surface area contributed by atoms with Crippen LogP contribution in [0, 0.1) is 17.0 Å². The predicted molar refractivity (Wildman–Crippen MR) is 102 cm³/mol. The summed E-state index contributed by atoms with van der Waals surface area (Å²) in [5.74, 6) is -0.702. The number of hydrogen-bond acceptors (Lipinski definition) is 6. The molecule has 1 N–H and O–H groups in total. The van der Waals surface area contributed by atoms with Gasteiger partial charge in [-0.25, -0.2) is 4.79 Å². The van der Waals surface area contributed by atoms with E-state index in [0.29, 0.717) is 17.8 Å². The van der Waals surface area contributed by atoms with Gasteiger partial charge in [0.15, 0.2) is 0 Å². The molecule has 1 amide bonds. The Bertz CT molecular complexity index is 849. The molecule has 0 spiro atoms. The average Bonchev–Trinajstić information content (AvgIpc) is 2.63. The van der Waals surface area contributed by atoms with Gasteiger partial charge < -0.3 is 15.0 Å². The highest BCUT2D eigenvalue weighted by Crippen LogP contribution is 2.19. The molecule has 8 heteroatoms. The topological polar surface area (TPSA) is 102 Å². The standard InChI is InChI=1S/C19H21N3O5/c1-13-4-5-15(12-18(13)20-14(2)23)19(24)27-11-10-21(3)16-6-8-17(9-7-16)22(25)26/h4-9,12H,10-11H2,1-3H3,(H,20,23). The molecule has 0 fully saturated rings. The van der Waals surface area contributed by atoms with Crippen LogP contribution in [0.25, 0.3) is 0 Å². The van der Waals surface area contributed by atoms with E-state index in [1.54, 1.807) is 37.4 Å². The maximum absolute atomic E-state index is 12.2. The number of nitro groups is 1. The fourth-order valence-corrected chi connectivity index (χ4v) is 2.39. The number of rotatable bonds is 7. The lowest BCUT2D eigenvalue weighted by atomic mass is 10.1. The molecule has 0 atom stereocenters. The van der Waals surface area contributed by atoms with Crippen molar-refractivity contribution in [1.29, 1.82) is 0 Å². The van der Waals surface area contributed by atoms with Crippen LogP contribution in [-0.2, 0) is 9.53 Å². The normalized spacial score (nSPS) is 10.2. The van der Waals surface area contributed by atoms with Crippen molar-refractivity contribution in [3.05, 3.63) is 63.7 Å². The summed E-state index contributed by atoms with van der Waals surface area (Å²) in [6.45, 7) is 3.81. The Morgan fingerprint density at radius 1 is 1.19 bits per heavy atom. The van der Waals surface area contributed by atoms with E-state index >= 15 is 0 Å². The predicted octanol–water partition coefficient (Wildman–Crippen LogP) is 3.15. The molecule has 2 rings (SSSR count). The number of ether oxygens (including phenoxy) is 1. The smallest absolute Gasteiger partial charge is 0.338 e. The number of anilines is 2. The minimum absolute atomic E-state index is 0.0212. The van der Waals surface area contributed by atoms with Gasteiger partial charge in [0.05, 0.1) is 17.0 Å². The van der Waals surface area contributed by atoms with E-state index in [-0.39, 0.29) is 18.2 Å². The van der Waals surface area contributed by atoms with E-state index in [2.05, 4.69) is 5.32 Å². The summed E-state index contributed by atoms with van der Waals surface area (Å²) in [6.07, 6.45) is 0. The second-order valence-corrected chi connectivity index (χ2v) is 6.04. The molecule has 0 aliphatic carbocycles. The van der Waals surface area contributed by atoms with Crippen molar-refractivity contribution in [2.75, 3.05) is 30.4 Å². The number of esters is 1. The van der Waals surface area contributed by atoms with Crippen LogP contribution in [0.5, 0.6) is 0 Å². The summed E-state index contributed by atoms with van der Waals surface area (Å²) in [5.41, 5.74) is 2.56. The lowest BCUT2D eigenvalue weighted by Crippen LogP contribution is -2.24. The van der Waals surface area contributed by atoms with Gasteiger partial charge in [0.1, 0.15) is 6.61 Å². The molecule has 0 bridgehead atoms. The summed E-state index contributed by atoms with van der Waals surface area (Å²) >= 11 is 0. The quantitative estimate of drug-likeness (QED) is 0.456. The van der Waals surface area contributed by atoms with Gasteiger partial charge in [-0.05, 0) is 36.8 Å². The zero-order valence-electron chi connectivity index (χ0n) is 15.4. The van der Waals surface area contributed by atoms with E-state index in [1.165, 1.54) is 19.1 Å². The van der Waals surface area contributed by atoms with Crippen molar-refractivity contribution in [3.8, 4) is 0 Å². The Hall–Kier alpha value is -3.42. The van der Waals surface area contributed by atoms with Gasteiger partial charge in [0.2, 0.25) is 5.91 Å². The third-order valence-electron chi connectivity index (χ3n) is 3.95. The molecule has 0 unspecified atom stereocenters. The second kappa shape index (κ2) is 8.79. The Kier molecular flexibility index (Phi) is 6.48. The second-order valence-electron chi connectivity index (χ2n) is 6.04. The molecule has 2 aromatic rings. The maximum Gasteiger partial charge on any atom is 0.338 e. The van der Waals surface area contributed by atoms with Gasteiger partial charge in [-0.15, -0.1) is 0 Å². The number of non-ortho nitro benzene ring substituents is 1. The molecule has 8 nitrogen and oxygen atoms in total. The monoisotopic (exact) mass is 371 g/mol. The van der Waals surface area contributed by atoms with E-state index in [9.17, 15) is 19.7 Å². The molecule has 2 aromatic carbocycles. The van der Waals surface area contributed by atoms with Crippen LogP contribution in [-0.4, -0.2) is 37.0 Å². The van der Waals surface area contributed by atoms with Gasteiger partial charge in [-0.3, -0.25) is 14.9 Å². The molecular formula is C19H21N3O5. The van der Waals surface area contributed by atoms with Gasteiger partial charge in [0, 0.05) is 37.5 Å². The first-order valence-electron chi connectivity index (χ1n) is 8.29.